The van der Waals surface area contributed by atoms with Crippen molar-refractivity contribution in [3.05, 3.63) is 11.3 Å². The second kappa shape index (κ2) is 5.72. The maximum absolute atomic E-state index is 11.7. The number of allylic oxidation sites excluding steroid dienone is 1. The Morgan fingerprint density at radius 3 is 2.60 bits per heavy atom. The van der Waals surface area contributed by atoms with E-state index in [1.54, 1.807) is 13.8 Å². The number of nitrogens with one attached hydrogen (secondary N) is 1. The van der Waals surface area contributed by atoms with Gasteiger partial charge in [-0.15, -0.1) is 0 Å². The van der Waals surface area contributed by atoms with Crippen molar-refractivity contribution in [3.8, 4) is 0 Å². The zero-order chi connectivity index (χ0) is 18.5. The number of hydrogen-bond donors (Lipinski definition) is 5. The first kappa shape index (κ1) is 17.2. The molecule has 1 unspecified atom stereocenters. The van der Waals surface area contributed by atoms with Gasteiger partial charge >= 0.3 is 5.97 Å². The predicted octanol–water partition coefficient (Wildman–Crippen LogP) is -1.13. The van der Waals surface area contributed by atoms with Crippen LogP contribution < -0.4 is 0 Å². The van der Waals surface area contributed by atoms with Gasteiger partial charge in [0.15, 0.2) is 17.9 Å². The molecule has 0 aromatic rings. The van der Waals surface area contributed by atoms with Crippen LogP contribution in [0.3, 0.4) is 0 Å². The molecule has 1 saturated heterocycles. The Hall–Kier alpha value is -2.63. The van der Waals surface area contributed by atoms with E-state index in [9.17, 15) is 25.2 Å². The van der Waals surface area contributed by atoms with Gasteiger partial charge in [0.05, 0.1) is 6.34 Å². The number of aliphatic hydroxyl groups is 3. The Bertz CT molecular complexity index is 755. The van der Waals surface area contributed by atoms with Crippen molar-refractivity contribution in [1.82, 2.24) is 4.90 Å². The minimum absolute atomic E-state index is 0.186. The van der Waals surface area contributed by atoms with E-state index in [1.165, 1.54) is 0 Å². The summed E-state index contributed by atoms with van der Waals surface area (Å²) < 4.78 is 5.54. The van der Waals surface area contributed by atoms with Gasteiger partial charge in [-0.2, -0.15) is 0 Å². The van der Waals surface area contributed by atoms with Crippen molar-refractivity contribution < 1.29 is 30.0 Å². The SMILES string of the molecule is CC(C)=C(O)[C@H]1O[C@@H](N2C=NC3(C(=O)O)C(=N)N=CN=C23)[C@H](O)[C@@H]1O. The van der Waals surface area contributed by atoms with Crippen molar-refractivity contribution in [3.63, 3.8) is 0 Å². The third-order valence-corrected chi connectivity index (χ3v) is 4.26. The fourth-order valence-corrected chi connectivity index (χ4v) is 2.85. The first-order valence-corrected chi connectivity index (χ1v) is 7.36. The van der Waals surface area contributed by atoms with Crippen LogP contribution in [0.4, 0.5) is 0 Å². The molecule has 3 aliphatic rings. The fourth-order valence-electron chi connectivity index (χ4n) is 2.85. The van der Waals surface area contributed by atoms with Gasteiger partial charge < -0.3 is 25.2 Å². The lowest BCUT2D eigenvalue weighted by molar-refractivity contribution is -0.138. The highest BCUT2D eigenvalue weighted by Gasteiger charge is 2.59. The largest absolute Gasteiger partial charge is 0.510 e. The lowest BCUT2D eigenvalue weighted by Crippen LogP contribution is -2.57. The lowest BCUT2D eigenvalue weighted by atomic mass is 9.96. The smallest absolute Gasteiger partial charge is 0.347 e. The van der Waals surface area contributed by atoms with Gasteiger partial charge in [0, 0.05) is 0 Å². The second-order valence-electron chi connectivity index (χ2n) is 6.03. The van der Waals surface area contributed by atoms with Crippen LogP contribution in [0.15, 0.2) is 26.3 Å². The summed E-state index contributed by atoms with van der Waals surface area (Å²) in [6.07, 6.45) is -3.27. The van der Waals surface area contributed by atoms with Crippen LogP contribution in [-0.4, -0.2) is 85.7 Å². The molecule has 0 bridgehead atoms. The number of fused-ring (bicyclic) bond motifs is 1. The normalized spacial score (nSPS) is 36.4. The van der Waals surface area contributed by atoms with Crippen LogP contribution in [0.1, 0.15) is 13.8 Å². The molecule has 3 heterocycles. The van der Waals surface area contributed by atoms with Crippen molar-refractivity contribution in [2.24, 2.45) is 15.0 Å². The zero-order valence-electron chi connectivity index (χ0n) is 13.4. The molecule has 3 aliphatic heterocycles. The number of aliphatic hydroxyl groups excluding tert-OH is 3. The molecule has 0 saturated carbocycles. The molecule has 5 N–H and O–H groups in total. The van der Waals surface area contributed by atoms with Crippen LogP contribution in [0.25, 0.3) is 0 Å². The summed E-state index contributed by atoms with van der Waals surface area (Å²) in [5, 5.41) is 47.8. The Kier molecular flexibility index (Phi) is 3.94. The van der Waals surface area contributed by atoms with Gasteiger partial charge in [0.1, 0.15) is 30.4 Å². The van der Waals surface area contributed by atoms with E-state index in [0.29, 0.717) is 5.57 Å². The topological polar surface area (TPSA) is 171 Å². The van der Waals surface area contributed by atoms with Gasteiger partial charge in [-0.05, 0) is 19.4 Å². The lowest BCUT2D eigenvalue weighted by Gasteiger charge is -2.30. The fraction of sp³-hybridized carbons (Fsp3) is 0.500. The molecule has 0 radical (unpaired) electrons. The average Bonchev–Trinajstić information content (AvgIpc) is 3.08. The standard InChI is InChI=1S/C14H17N5O6/c1-5(2)6(20)9-7(21)8(22)10(25-9)19-4-18-14(13(23)24)11(15)16-3-17-12(14)19/h3-4,7-10,15,20-22H,1-2H3,(H,23,24)/t7-,8+,9+,10+,14?/m0/s1. The zero-order valence-corrected chi connectivity index (χ0v) is 13.4. The predicted molar refractivity (Wildman–Crippen MR) is 86.0 cm³/mol. The first-order valence-electron chi connectivity index (χ1n) is 7.36. The Morgan fingerprint density at radius 2 is 2.00 bits per heavy atom. The Labute approximate surface area is 141 Å². The number of aliphatic carboxylic acids is 1. The second-order valence-corrected chi connectivity index (χ2v) is 6.03. The van der Waals surface area contributed by atoms with Crippen LogP contribution in [0.5, 0.6) is 0 Å². The van der Waals surface area contributed by atoms with Gasteiger partial charge in [0.25, 0.3) is 5.54 Å². The number of amidine groups is 2. The number of nitrogens with zero attached hydrogens (tertiary/aromatic N) is 4. The van der Waals surface area contributed by atoms with E-state index in [4.69, 9.17) is 10.1 Å². The number of hydrogen-bond acceptors (Lipinski definition) is 9. The molecule has 25 heavy (non-hydrogen) atoms. The van der Waals surface area contributed by atoms with Gasteiger partial charge in [-0.25, -0.2) is 19.8 Å². The molecule has 134 valence electrons. The van der Waals surface area contributed by atoms with E-state index in [0.717, 1.165) is 17.6 Å². The maximum Gasteiger partial charge on any atom is 0.347 e. The van der Waals surface area contributed by atoms with Crippen molar-refractivity contribution >= 4 is 30.3 Å². The quantitative estimate of drug-likeness (QED) is 0.400. The minimum atomic E-state index is -2.13. The Morgan fingerprint density at radius 1 is 1.32 bits per heavy atom. The molecule has 5 atom stereocenters. The Balaban J connectivity index is 1.96. The van der Waals surface area contributed by atoms with Crippen molar-refractivity contribution in [1.29, 1.82) is 5.41 Å². The molecule has 1 fully saturated rings. The molecule has 0 spiro atoms. The molecule has 0 aromatic carbocycles. The number of rotatable bonds is 3. The number of aliphatic imine (C=N–C) groups is 3. The number of carboxylic acid groups (broad SMARTS) is 1. The molecule has 0 aliphatic carbocycles. The summed E-state index contributed by atoms with van der Waals surface area (Å²) >= 11 is 0. The third-order valence-electron chi connectivity index (χ3n) is 4.26. The molecule has 0 amide bonds. The summed E-state index contributed by atoms with van der Waals surface area (Å²) in [4.78, 5) is 24.1. The minimum Gasteiger partial charge on any atom is -0.510 e. The molecular formula is C14H17N5O6. The number of carbonyl (C=O) groups is 1. The summed E-state index contributed by atoms with van der Waals surface area (Å²) in [7, 11) is 0. The highest BCUT2D eigenvalue weighted by Crippen LogP contribution is 2.34. The number of carboxylic acids is 1. The van der Waals surface area contributed by atoms with Crippen molar-refractivity contribution in [2.75, 3.05) is 0 Å². The molecule has 0 aromatic heterocycles. The van der Waals surface area contributed by atoms with E-state index < -0.39 is 41.9 Å². The van der Waals surface area contributed by atoms with Crippen LogP contribution in [-0.2, 0) is 9.53 Å². The number of ether oxygens (including phenoxy) is 1. The maximum atomic E-state index is 11.7. The highest BCUT2D eigenvalue weighted by molar-refractivity contribution is 6.35. The van der Waals surface area contributed by atoms with Crippen LogP contribution in [0, 0.1) is 5.41 Å². The van der Waals surface area contributed by atoms with Gasteiger partial charge in [-0.1, -0.05) is 0 Å². The van der Waals surface area contributed by atoms with Gasteiger partial charge in [0.2, 0.25) is 0 Å². The van der Waals surface area contributed by atoms with Gasteiger partial charge in [-0.3, -0.25) is 10.3 Å². The van der Waals surface area contributed by atoms with Crippen LogP contribution >= 0.6 is 0 Å². The summed E-state index contributed by atoms with van der Waals surface area (Å²) in [5.74, 6) is -2.41. The van der Waals surface area contributed by atoms with E-state index >= 15 is 0 Å². The van der Waals surface area contributed by atoms with E-state index in [1.807, 2.05) is 0 Å². The third kappa shape index (κ3) is 2.27. The van der Waals surface area contributed by atoms with Crippen LogP contribution in [0.2, 0.25) is 0 Å². The molecular weight excluding hydrogens is 334 g/mol. The monoisotopic (exact) mass is 351 g/mol. The molecule has 11 nitrogen and oxygen atoms in total. The van der Waals surface area contributed by atoms with Crippen molar-refractivity contribution in [2.45, 2.75) is 43.9 Å². The highest BCUT2D eigenvalue weighted by atomic mass is 16.6. The average molecular weight is 351 g/mol. The van der Waals surface area contributed by atoms with E-state index in [2.05, 4.69) is 15.0 Å². The first-order chi connectivity index (χ1) is 11.7. The van der Waals surface area contributed by atoms with E-state index in [-0.39, 0.29) is 11.6 Å². The summed E-state index contributed by atoms with van der Waals surface area (Å²) in [6.45, 7) is 3.22. The molecule has 3 rings (SSSR count). The summed E-state index contributed by atoms with van der Waals surface area (Å²) in [5.41, 5.74) is -1.63. The molecule has 11 heteroatoms. The summed E-state index contributed by atoms with van der Waals surface area (Å²) in [6, 6.07) is 0.